The molecule has 5 heteroatoms. The second kappa shape index (κ2) is 4.20. The first kappa shape index (κ1) is 10.9. The van der Waals surface area contributed by atoms with E-state index in [0.717, 1.165) is 25.2 Å². The molecule has 1 aliphatic rings. The molecule has 0 spiro atoms. The summed E-state index contributed by atoms with van der Waals surface area (Å²) in [4.78, 5) is 4.38. The van der Waals surface area contributed by atoms with Crippen LogP contribution in [-0.2, 0) is 13.0 Å². The molecule has 17 heavy (non-hydrogen) atoms. The van der Waals surface area contributed by atoms with Gasteiger partial charge in [-0.2, -0.15) is 0 Å². The molecule has 90 valence electrons. The van der Waals surface area contributed by atoms with Gasteiger partial charge in [0, 0.05) is 31.0 Å². The van der Waals surface area contributed by atoms with E-state index in [1.807, 2.05) is 12.3 Å². The van der Waals surface area contributed by atoms with Gasteiger partial charge in [-0.1, -0.05) is 0 Å². The van der Waals surface area contributed by atoms with Gasteiger partial charge in [-0.25, -0.2) is 4.98 Å². The Balaban J connectivity index is 2.00. The fourth-order valence-corrected chi connectivity index (χ4v) is 2.44. The molecule has 0 saturated carbocycles. The van der Waals surface area contributed by atoms with Crippen molar-refractivity contribution >= 4 is 11.6 Å². The quantitative estimate of drug-likeness (QED) is 0.893. The molecule has 2 aromatic heterocycles. The zero-order valence-corrected chi connectivity index (χ0v) is 10.0. The molecule has 3 heterocycles. The monoisotopic (exact) mass is 252 g/mol. The predicted octanol–water partition coefficient (Wildman–Crippen LogP) is 2.35. The Morgan fingerprint density at radius 1 is 1.53 bits per heavy atom. The minimum atomic E-state index is 0.218. The van der Waals surface area contributed by atoms with Crippen molar-refractivity contribution < 1.29 is 9.52 Å². The second-order valence-corrected chi connectivity index (χ2v) is 4.75. The van der Waals surface area contributed by atoms with E-state index in [-0.39, 0.29) is 6.61 Å². The Morgan fingerprint density at radius 3 is 3.12 bits per heavy atom. The molecule has 0 aliphatic carbocycles. The first-order valence-corrected chi connectivity index (χ1v) is 6.06. The summed E-state index contributed by atoms with van der Waals surface area (Å²) < 4.78 is 7.49. The Hall–Kier alpha value is -1.26. The van der Waals surface area contributed by atoms with Gasteiger partial charge in [0.2, 0.25) is 0 Å². The number of aromatic nitrogens is 2. The standard InChI is InChI=1S/C12H13ClN2O2/c13-11-4-3-10(17-11)12-14-5-9-2-1-8(7-16)6-15(9)12/h3-5,8,16H,1-2,6-7H2. The summed E-state index contributed by atoms with van der Waals surface area (Å²) in [5, 5.41) is 9.61. The summed E-state index contributed by atoms with van der Waals surface area (Å²) >= 11 is 5.77. The maximum absolute atomic E-state index is 9.24. The number of nitrogens with zero attached hydrogens (tertiary/aromatic N) is 2. The Bertz CT molecular complexity index is 532. The molecule has 0 bridgehead atoms. The van der Waals surface area contributed by atoms with Crippen molar-refractivity contribution in [3.05, 3.63) is 29.2 Å². The number of imidazole rings is 1. The van der Waals surface area contributed by atoms with Crippen LogP contribution in [-0.4, -0.2) is 21.3 Å². The van der Waals surface area contributed by atoms with Crippen LogP contribution in [0.2, 0.25) is 5.22 Å². The predicted molar refractivity (Wildman–Crippen MR) is 63.8 cm³/mol. The number of rotatable bonds is 2. The number of fused-ring (bicyclic) bond motifs is 1. The molecule has 0 aromatic carbocycles. The van der Waals surface area contributed by atoms with Gasteiger partial charge in [-0.05, 0) is 36.6 Å². The van der Waals surface area contributed by atoms with E-state index >= 15 is 0 Å². The summed E-state index contributed by atoms with van der Waals surface area (Å²) in [6, 6.07) is 3.53. The number of hydrogen-bond donors (Lipinski definition) is 1. The van der Waals surface area contributed by atoms with Crippen molar-refractivity contribution in [2.75, 3.05) is 6.61 Å². The maximum Gasteiger partial charge on any atom is 0.194 e. The molecule has 1 atom stereocenters. The van der Waals surface area contributed by atoms with Crippen molar-refractivity contribution in [3.8, 4) is 11.6 Å². The van der Waals surface area contributed by atoms with Crippen LogP contribution in [0.25, 0.3) is 11.6 Å². The minimum Gasteiger partial charge on any atom is -0.441 e. The van der Waals surface area contributed by atoms with E-state index in [2.05, 4.69) is 9.55 Å². The minimum absolute atomic E-state index is 0.218. The van der Waals surface area contributed by atoms with Crippen molar-refractivity contribution in [3.63, 3.8) is 0 Å². The molecular weight excluding hydrogens is 240 g/mol. The molecule has 1 unspecified atom stereocenters. The van der Waals surface area contributed by atoms with E-state index in [4.69, 9.17) is 16.0 Å². The number of hydrogen-bond acceptors (Lipinski definition) is 3. The fourth-order valence-electron chi connectivity index (χ4n) is 2.30. The van der Waals surface area contributed by atoms with Crippen molar-refractivity contribution in [1.29, 1.82) is 0 Å². The Morgan fingerprint density at radius 2 is 2.41 bits per heavy atom. The molecule has 2 aromatic rings. The van der Waals surface area contributed by atoms with Crippen molar-refractivity contribution in [1.82, 2.24) is 9.55 Å². The smallest absolute Gasteiger partial charge is 0.194 e. The number of aliphatic hydroxyl groups is 1. The van der Waals surface area contributed by atoms with Crippen LogP contribution in [0.15, 0.2) is 22.7 Å². The van der Waals surface area contributed by atoms with Gasteiger partial charge in [0.05, 0.1) is 0 Å². The van der Waals surface area contributed by atoms with Gasteiger partial charge in [0.25, 0.3) is 0 Å². The summed E-state index contributed by atoms with van der Waals surface area (Å²) in [6.45, 7) is 1.01. The fraction of sp³-hybridized carbons (Fsp3) is 0.417. The first-order valence-electron chi connectivity index (χ1n) is 5.69. The van der Waals surface area contributed by atoms with E-state index in [0.29, 0.717) is 16.9 Å². The van der Waals surface area contributed by atoms with Gasteiger partial charge in [-0.15, -0.1) is 0 Å². The highest BCUT2D eigenvalue weighted by atomic mass is 35.5. The van der Waals surface area contributed by atoms with Crippen molar-refractivity contribution in [2.24, 2.45) is 5.92 Å². The number of halogens is 1. The van der Waals surface area contributed by atoms with Gasteiger partial charge >= 0.3 is 0 Å². The van der Waals surface area contributed by atoms with Crippen LogP contribution in [0.3, 0.4) is 0 Å². The van der Waals surface area contributed by atoms with E-state index < -0.39 is 0 Å². The highest BCUT2D eigenvalue weighted by Crippen LogP contribution is 2.29. The van der Waals surface area contributed by atoms with Crippen LogP contribution in [0.1, 0.15) is 12.1 Å². The van der Waals surface area contributed by atoms with Gasteiger partial charge in [0.1, 0.15) is 0 Å². The molecule has 1 aliphatic heterocycles. The van der Waals surface area contributed by atoms with Crippen LogP contribution in [0.4, 0.5) is 0 Å². The van der Waals surface area contributed by atoms with Gasteiger partial charge in [0.15, 0.2) is 16.8 Å². The summed E-state index contributed by atoms with van der Waals surface area (Å²) in [5.41, 5.74) is 1.19. The van der Waals surface area contributed by atoms with Crippen LogP contribution in [0, 0.1) is 5.92 Å². The molecule has 3 rings (SSSR count). The lowest BCUT2D eigenvalue weighted by Gasteiger charge is -2.23. The Kier molecular flexibility index (Phi) is 2.68. The lowest BCUT2D eigenvalue weighted by Crippen LogP contribution is -2.22. The average molecular weight is 253 g/mol. The summed E-state index contributed by atoms with van der Waals surface area (Å²) in [6.07, 6.45) is 3.84. The lowest BCUT2D eigenvalue weighted by atomic mass is 9.99. The van der Waals surface area contributed by atoms with E-state index in [1.165, 1.54) is 5.69 Å². The maximum atomic E-state index is 9.24. The third kappa shape index (κ3) is 1.87. The lowest BCUT2D eigenvalue weighted by molar-refractivity contribution is 0.192. The molecule has 0 fully saturated rings. The molecule has 0 saturated heterocycles. The number of furan rings is 1. The average Bonchev–Trinajstić information content (AvgIpc) is 2.93. The molecular formula is C12H13ClN2O2. The molecule has 0 radical (unpaired) electrons. The SMILES string of the molecule is OCC1CCc2cnc(-c3ccc(Cl)o3)n2C1. The highest BCUT2D eigenvalue weighted by Gasteiger charge is 2.22. The van der Waals surface area contributed by atoms with Gasteiger partial charge in [-0.3, -0.25) is 0 Å². The molecule has 4 nitrogen and oxygen atoms in total. The topological polar surface area (TPSA) is 51.2 Å². The van der Waals surface area contributed by atoms with Crippen molar-refractivity contribution in [2.45, 2.75) is 19.4 Å². The zero-order chi connectivity index (χ0) is 11.8. The second-order valence-electron chi connectivity index (χ2n) is 4.37. The summed E-state index contributed by atoms with van der Waals surface area (Å²) in [5.74, 6) is 1.78. The third-order valence-electron chi connectivity index (χ3n) is 3.24. The highest BCUT2D eigenvalue weighted by molar-refractivity contribution is 6.28. The normalized spacial score (nSPS) is 19.3. The van der Waals surface area contributed by atoms with Crippen LogP contribution in [0.5, 0.6) is 0 Å². The first-order chi connectivity index (χ1) is 8.28. The zero-order valence-electron chi connectivity index (χ0n) is 9.27. The van der Waals surface area contributed by atoms with E-state index in [9.17, 15) is 5.11 Å². The number of aliphatic hydroxyl groups excluding tert-OH is 1. The largest absolute Gasteiger partial charge is 0.441 e. The Labute approximate surface area is 104 Å². The van der Waals surface area contributed by atoms with Crippen LogP contribution >= 0.6 is 11.6 Å². The molecule has 0 amide bonds. The van der Waals surface area contributed by atoms with E-state index in [1.54, 1.807) is 6.07 Å². The summed E-state index contributed by atoms with van der Waals surface area (Å²) in [7, 11) is 0. The molecule has 1 N–H and O–H groups in total. The van der Waals surface area contributed by atoms with Gasteiger partial charge < -0.3 is 14.1 Å². The number of aryl methyl sites for hydroxylation is 1. The van der Waals surface area contributed by atoms with Crippen LogP contribution < -0.4 is 0 Å². The third-order valence-corrected chi connectivity index (χ3v) is 3.44.